The maximum absolute atomic E-state index is 12.3. The molecular weight excluding hydrogens is 384 g/mol. The van der Waals surface area contributed by atoms with Crippen molar-refractivity contribution in [2.45, 2.75) is 25.3 Å². The Hall–Kier alpha value is -2.51. The van der Waals surface area contributed by atoms with E-state index >= 15 is 0 Å². The highest BCUT2D eigenvalue weighted by molar-refractivity contribution is 7.98. The van der Waals surface area contributed by atoms with E-state index in [-0.39, 0.29) is 18.4 Å². The molecule has 0 saturated carbocycles. The number of nitrogens with one attached hydrogen (secondary N) is 3. The number of hydrogen-bond acceptors (Lipinski definition) is 4. The highest BCUT2D eigenvalue weighted by Gasteiger charge is 2.13. The van der Waals surface area contributed by atoms with Crippen LogP contribution in [0.25, 0.3) is 0 Å². The normalized spacial score (nSPS) is 11.6. The van der Waals surface area contributed by atoms with Gasteiger partial charge < -0.3 is 9.80 Å². The second-order valence-electron chi connectivity index (χ2n) is 6.88. The van der Waals surface area contributed by atoms with Gasteiger partial charge in [-0.2, -0.15) is 0 Å². The summed E-state index contributed by atoms with van der Waals surface area (Å²) >= 11 is 1.71. The predicted octanol–water partition coefficient (Wildman–Crippen LogP) is 1.73. The van der Waals surface area contributed by atoms with Crippen molar-refractivity contribution in [1.29, 1.82) is 0 Å². The lowest BCUT2D eigenvalue weighted by molar-refractivity contribution is -0.885. The minimum atomic E-state index is -0.324. The van der Waals surface area contributed by atoms with Crippen molar-refractivity contribution in [2.75, 3.05) is 37.8 Å². The van der Waals surface area contributed by atoms with Crippen molar-refractivity contribution in [3.63, 3.8) is 0 Å². The summed E-state index contributed by atoms with van der Waals surface area (Å²) in [5.74, 6) is -0.550. The van der Waals surface area contributed by atoms with Gasteiger partial charge in [0.2, 0.25) is 0 Å². The molecule has 2 rings (SSSR count). The summed E-state index contributed by atoms with van der Waals surface area (Å²) in [6.45, 7) is 7.02. The topological polar surface area (TPSA) is 65.9 Å². The Morgan fingerprint density at radius 1 is 0.966 bits per heavy atom. The van der Waals surface area contributed by atoms with Crippen LogP contribution in [0, 0.1) is 0 Å². The first-order valence-electron chi connectivity index (χ1n) is 9.85. The SMILES string of the molecule is CCN(CC)c1ccc(C(=O)NNC(=O)C[NH+](C)Cc2ccc(SC)cc2)cc1. The molecule has 0 heterocycles. The quantitative estimate of drug-likeness (QED) is 0.431. The smallest absolute Gasteiger partial charge is 0.293 e. The summed E-state index contributed by atoms with van der Waals surface area (Å²) < 4.78 is 0. The van der Waals surface area contributed by atoms with E-state index in [4.69, 9.17) is 0 Å². The van der Waals surface area contributed by atoms with Gasteiger partial charge in [-0.25, -0.2) is 0 Å². The summed E-state index contributed by atoms with van der Waals surface area (Å²) in [5, 5.41) is 0. The Bertz CT molecular complexity index is 789. The van der Waals surface area contributed by atoms with Crippen LogP contribution in [0.5, 0.6) is 0 Å². The fourth-order valence-corrected chi connectivity index (χ4v) is 3.49. The second-order valence-corrected chi connectivity index (χ2v) is 7.76. The number of likely N-dealkylation sites (N-methyl/N-ethyl adjacent to an activating group) is 1. The summed E-state index contributed by atoms with van der Waals surface area (Å²) in [6, 6.07) is 15.7. The molecule has 0 spiro atoms. The number of thioether (sulfide) groups is 1. The third-order valence-corrected chi connectivity index (χ3v) is 5.44. The Kier molecular flexibility index (Phi) is 9.02. The summed E-state index contributed by atoms with van der Waals surface area (Å²) in [6.07, 6.45) is 2.05. The molecule has 7 heteroatoms. The molecule has 6 nitrogen and oxygen atoms in total. The van der Waals surface area contributed by atoms with Gasteiger partial charge in [-0.15, -0.1) is 11.8 Å². The van der Waals surface area contributed by atoms with Crippen LogP contribution in [0.4, 0.5) is 5.69 Å². The summed E-state index contributed by atoms with van der Waals surface area (Å²) in [4.78, 5) is 28.9. The molecule has 0 fully saturated rings. The van der Waals surface area contributed by atoms with E-state index in [2.05, 4.69) is 53.9 Å². The second kappa shape index (κ2) is 11.5. The lowest BCUT2D eigenvalue weighted by Crippen LogP contribution is -3.09. The summed E-state index contributed by atoms with van der Waals surface area (Å²) in [7, 11) is 1.95. The number of nitrogens with zero attached hydrogens (tertiary/aromatic N) is 1. The fourth-order valence-electron chi connectivity index (χ4n) is 3.08. The molecule has 0 bridgehead atoms. The van der Waals surface area contributed by atoms with Gasteiger partial charge in [-0.1, -0.05) is 12.1 Å². The highest BCUT2D eigenvalue weighted by atomic mass is 32.2. The molecule has 0 radical (unpaired) electrons. The first kappa shape index (κ1) is 22.8. The van der Waals surface area contributed by atoms with Crippen LogP contribution in [-0.2, 0) is 11.3 Å². The Balaban J connectivity index is 1.79. The van der Waals surface area contributed by atoms with E-state index in [0.29, 0.717) is 5.56 Å². The van der Waals surface area contributed by atoms with E-state index in [9.17, 15) is 9.59 Å². The number of benzene rings is 2. The zero-order valence-electron chi connectivity index (χ0n) is 17.6. The number of anilines is 1. The van der Waals surface area contributed by atoms with Crippen molar-refractivity contribution in [3.8, 4) is 0 Å². The Labute approximate surface area is 177 Å². The fraction of sp³-hybridized carbons (Fsp3) is 0.364. The zero-order valence-corrected chi connectivity index (χ0v) is 18.4. The predicted molar refractivity (Wildman–Crippen MR) is 119 cm³/mol. The van der Waals surface area contributed by atoms with Gasteiger partial charge in [0.05, 0.1) is 7.05 Å². The van der Waals surface area contributed by atoms with Crippen molar-refractivity contribution >= 4 is 29.3 Å². The maximum atomic E-state index is 12.3. The van der Waals surface area contributed by atoms with Gasteiger partial charge in [-0.3, -0.25) is 20.4 Å². The zero-order chi connectivity index (χ0) is 21.2. The molecule has 0 aliphatic carbocycles. The lowest BCUT2D eigenvalue weighted by Gasteiger charge is -2.21. The molecule has 2 aromatic carbocycles. The monoisotopic (exact) mass is 415 g/mol. The standard InChI is InChI=1S/C22H30N4O2S/c1-5-26(6-2)19-11-9-18(10-12-19)22(28)24-23-21(27)16-25(3)15-17-7-13-20(29-4)14-8-17/h7-14H,5-6,15-16H2,1-4H3,(H,23,27)(H,24,28)/p+1. The third kappa shape index (κ3) is 7.11. The number of amides is 2. The average Bonchev–Trinajstić information content (AvgIpc) is 2.74. The van der Waals surface area contributed by atoms with Crippen LogP contribution >= 0.6 is 11.8 Å². The van der Waals surface area contributed by atoms with E-state index in [1.54, 1.807) is 23.9 Å². The van der Waals surface area contributed by atoms with E-state index in [1.165, 1.54) is 10.5 Å². The third-order valence-electron chi connectivity index (χ3n) is 4.70. The van der Waals surface area contributed by atoms with E-state index in [0.717, 1.165) is 30.2 Å². The molecular formula is C22H31N4O2S+. The maximum Gasteiger partial charge on any atom is 0.293 e. The van der Waals surface area contributed by atoms with Gasteiger partial charge in [-0.05, 0) is 56.5 Å². The highest BCUT2D eigenvalue weighted by Crippen LogP contribution is 2.15. The van der Waals surface area contributed by atoms with E-state index < -0.39 is 0 Å². The average molecular weight is 416 g/mol. The molecule has 1 atom stereocenters. The molecule has 2 amide bonds. The van der Waals surface area contributed by atoms with Gasteiger partial charge in [0.25, 0.3) is 11.8 Å². The number of carbonyl (C=O) groups is 2. The lowest BCUT2D eigenvalue weighted by atomic mass is 10.2. The number of rotatable bonds is 9. The van der Waals surface area contributed by atoms with E-state index in [1.807, 2.05) is 25.4 Å². The van der Waals surface area contributed by atoms with Gasteiger partial charge >= 0.3 is 0 Å². The van der Waals surface area contributed by atoms with Crippen LogP contribution in [-0.4, -0.2) is 44.8 Å². The molecule has 1 unspecified atom stereocenters. The number of hydrazine groups is 1. The van der Waals surface area contributed by atoms with Crippen LogP contribution in [0.15, 0.2) is 53.4 Å². The Morgan fingerprint density at radius 2 is 1.59 bits per heavy atom. The number of hydrogen-bond donors (Lipinski definition) is 3. The first-order valence-corrected chi connectivity index (χ1v) is 11.1. The largest absolute Gasteiger partial charge is 0.372 e. The molecule has 0 aliphatic rings. The van der Waals surface area contributed by atoms with Crippen LogP contribution in [0.2, 0.25) is 0 Å². The number of carbonyl (C=O) groups excluding carboxylic acids is 2. The van der Waals surface area contributed by atoms with Crippen molar-refractivity contribution in [1.82, 2.24) is 10.9 Å². The minimum absolute atomic E-state index is 0.226. The van der Waals surface area contributed by atoms with Crippen LogP contribution < -0.4 is 20.7 Å². The van der Waals surface area contributed by atoms with Crippen molar-refractivity contribution in [2.24, 2.45) is 0 Å². The molecule has 0 saturated heterocycles. The number of quaternary nitrogens is 1. The van der Waals surface area contributed by atoms with Gasteiger partial charge in [0, 0.05) is 34.8 Å². The Morgan fingerprint density at radius 3 is 2.14 bits per heavy atom. The molecule has 2 aromatic rings. The molecule has 0 aliphatic heterocycles. The molecule has 29 heavy (non-hydrogen) atoms. The van der Waals surface area contributed by atoms with Crippen LogP contribution in [0.1, 0.15) is 29.8 Å². The first-order chi connectivity index (χ1) is 14.0. The van der Waals surface area contributed by atoms with Gasteiger partial charge in [0.15, 0.2) is 6.54 Å². The molecule has 156 valence electrons. The molecule has 3 N–H and O–H groups in total. The van der Waals surface area contributed by atoms with Gasteiger partial charge in [0.1, 0.15) is 6.54 Å². The van der Waals surface area contributed by atoms with Crippen molar-refractivity contribution < 1.29 is 14.5 Å². The summed E-state index contributed by atoms with van der Waals surface area (Å²) in [5.41, 5.74) is 7.75. The minimum Gasteiger partial charge on any atom is -0.372 e. The molecule has 0 aromatic heterocycles. The van der Waals surface area contributed by atoms with Crippen molar-refractivity contribution in [3.05, 3.63) is 59.7 Å². The van der Waals surface area contributed by atoms with Crippen LogP contribution in [0.3, 0.4) is 0 Å².